The molecule has 2 N–H and O–H groups in total. The summed E-state index contributed by atoms with van der Waals surface area (Å²) in [6, 6.07) is 5.03. The highest BCUT2D eigenvalue weighted by Gasteiger charge is 2.42. The smallest absolute Gasteiger partial charge is 0.407 e. The molecule has 2 atom stereocenters. The third-order valence-electron chi connectivity index (χ3n) is 4.19. The van der Waals surface area contributed by atoms with Gasteiger partial charge in [-0.1, -0.05) is 54.6 Å². The molecule has 1 heterocycles. The van der Waals surface area contributed by atoms with Crippen LogP contribution in [0, 0.1) is 0 Å². The van der Waals surface area contributed by atoms with Crippen LogP contribution < -0.4 is 0 Å². The van der Waals surface area contributed by atoms with Crippen molar-refractivity contribution in [1.29, 1.82) is 0 Å². The Labute approximate surface area is 150 Å². The number of carboxylic acid groups (broad SMARTS) is 1. The summed E-state index contributed by atoms with van der Waals surface area (Å²) < 4.78 is 5.79. The number of ether oxygens (including phenoxy) is 1. The minimum Gasteiger partial charge on any atom is -0.465 e. The van der Waals surface area contributed by atoms with Crippen LogP contribution in [0.4, 0.5) is 4.79 Å². The van der Waals surface area contributed by atoms with Crippen molar-refractivity contribution in [2.24, 2.45) is 0 Å². The normalized spacial score (nSPS) is 21.9. The van der Waals surface area contributed by atoms with Crippen LogP contribution in [0.2, 0.25) is 10.0 Å². The van der Waals surface area contributed by atoms with Gasteiger partial charge in [-0.2, -0.15) is 0 Å². The molecule has 1 aliphatic rings. The summed E-state index contributed by atoms with van der Waals surface area (Å²) in [6.07, 6.45) is 0.871. The zero-order valence-electron chi connectivity index (χ0n) is 13.0. The maximum atomic E-state index is 11.4. The fraction of sp³-hybridized carbons (Fsp3) is 0.353. The second kappa shape index (κ2) is 7.57. The highest BCUT2D eigenvalue weighted by molar-refractivity contribution is 6.42. The summed E-state index contributed by atoms with van der Waals surface area (Å²) in [5, 5.41) is 20.9. The van der Waals surface area contributed by atoms with Crippen LogP contribution in [0.3, 0.4) is 0 Å². The van der Waals surface area contributed by atoms with E-state index in [9.17, 15) is 15.0 Å². The third kappa shape index (κ3) is 3.75. The Balaban J connectivity index is 2.50. The highest BCUT2D eigenvalue weighted by atomic mass is 35.5. The van der Waals surface area contributed by atoms with Gasteiger partial charge in [-0.25, -0.2) is 4.79 Å². The van der Waals surface area contributed by atoms with Gasteiger partial charge in [0.05, 0.1) is 16.7 Å². The van der Waals surface area contributed by atoms with Crippen molar-refractivity contribution in [2.45, 2.75) is 17.6 Å². The Morgan fingerprint density at radius 3 is 2.54 bits per heavy atom. The van der Waals surface area contributed by atoms with Crippen molar-refractivity contribution in [3.05, 3.63) is 59.1 Å². The summed E-state index contributed by atoms with van der Waals surface area (Å²) in [6.45, 7) is 7.78. The van der Waals surface area contributed by atoms with Crippen LogP contribution in [-0.2, 0) is 4.74 Å². The Bertz CT molecular complexity index is 641. The van der Waals surface area contributed by atoms with E-state index in [1.54, 1.807) is 18.2 Å². The van der Waals surface area contributed by atoms with E-state index in [4.69, 9.17) is 27.9 Å². The summed E-state index contributed by atoms with van der Waals surface area (Å²) >= 11 is 12.1. The summed E-state index contributed by atoms with van der Waals surface area (Å²) in [5.41, 5.74) is -0.796. The molecule has 1 saturated heterocycles. The molecular weight excluding hydrogens is 353 g/mol. The molecule has 1 aromatic carbocycles. The first-order valence-corrected chi connectivity index (χ1v) is 8.12. The lowest BCUT2D eigenvalue weighted by Gasteiger charge is -2.36. The zero-order chi connectivity index (χ0) is 17.9. The van der Waals surface area contributed by atoms with Crippen molar-refractivity contribution in [2.75, 3.05) is 19.7 Å². The van der Waals surface area contributed by atoms with Gasteiger partial charge in [0.2, 0.25) is 0 Å². The second-order valence-corrected chi connectivity index (χ2v) is 6.41. The molecule has 2 rings (SSSR count). The first-order chi connectivity index (χ1) is 11.3. The molecule has 5 nitrogen and oxygen atoms in total. The molecular formula is C17H19Cl2NO4. The van der Waals surface area contributed by atoms with E-state index in [0.717, 1.165) is 0 Å². The SMILES string of the molecule is C=CC(O)(C=C)[C@@H]1OCCN(C(=O)O)C[C@H]1c1ccc(Cl)c(Cl)c1. The number of rotatable bonds is 4. The molecule has 0 saturated carbocycles. The average molecular weight is 372 g/mol. The molecule has 7 heteroatoms. The van der Waals surface area contributed by atoms with Gasteiger partial charge in [0.15, 0.2) is 0 Å². The highest BCUT2D eigenvalue weighted by Crippen LogP contribution is 2.36. The predicted molar refractivity (Wildman–Crippen MR) is 93.9 cm³/mol. The number of aliphatic hydroxyl groups is 1. The summed E-state index contributed by atoms with van der Waals surface area (Å²) in [5.74, 6) is -0.473. The fourth-order valence-corrected chi connectivity index (χ4v) is 3.11. The van der Waals surface area contributed by atoms with Gasteiger partial charge in [0.25, 0.3) is 0 Å². The number of nitrogens with zero attached hydrogens (tertiary/aromatic N) is 1. The molecule has 0 unspecified atom stereocenters. The van der Waals surface area contributed by atoms with Gasteiger partial charge >= 0.3 is 6.09 Å². The molecule has 0 spiro atoms. The maximum Gasteiger partial charge on any atom is 0.407 e. The first kappa shape index (κ1) is 18.8. The molecule has 130 valence electrons. The minimum absolute atomic E-state index is 0.141. The van der Waals surface area contributed by atoms with E-state index in [1.165, 1.54) is 17.1 Å². The van der Waals surface area contributed by atoms with Gasteiger partial charge < -0.3 is 19.8 Å². The van der Waals surface area contributed by atoms with Crippen LogP contribution in [0.25, 0.3) is 0 Å². The zero-order valence-corrected chi connectivity index (χ0v) is 14.5. The van der Waals surface area contributed by atoms with Crippen molar-refractivity contribution in [1.82, 2.24) is 4.90 Å². The lowest BCUT2D eigenvalue weighted by Crippen LogP contribution is -2.45. The van der Waals surface area contributed by atoms with E-state index in [0.29, 0.717) is 15.6 Å². The first-order valence-electron chi connectivity index (χ1n) is 7.36. The molecule has 1 fully saturated rings. The minimum atomic E-state index is -1.51. The van der Waals surface area contributed by atoms with Crippen LogP contribution in [0.1, 0.15) is 11.5 Å². The van der Waals surface area contributed by atoms with Gasteiger partial charge in [-0.15, -0.1) is 0 Å². The monoisotopic (exact) mass is 371 g/mol. The topological polar surface area (TPSA) is 70.0 Å². The van der Waals surface area contributed by atoms with Crippen LogP contribution >= 0.6 is 23.2 Å². The number of benzene rings is 1. The Hall–Kier alpha value is -1.53. The second-order valence-electron chi connectivity index (χ2n) is 5.60. The number of carbonyl (C=O) groups is 1. The Morgan fingerprint density at radius 2 is 2.00 bits per heavy atom. The van der Waals surface area contributed by atoms with Crippen molar-refractivity contribution < 1.29 is 19.7 Å². The molecule has 0 radical (unpaired) electrons. The number of hydrogen-bond acceptors (Lipinski definition) is 3. The number of amides is 1. The quantitative estimate of drug-likeness (QED) is 0.793. The summed E-state index contributed by atoms with van der Waals surface area (Å²) in [4.78, 5) is 12.7. The standard InChI is InChI=1S/C17H19Cl2NO4/c1-3-17(23,4-2)15-12(10-20(16(21)22)7-8-24-15)11-5-6-13(18)14(19)9-11/h3-6,9,12,15,23H,1-2,7-8,10H2,(H,21,22)/t12-,15+/m0/s1. The largest absolute Gasteiger partial charge is 0.465 e. The average Bonchev–Trinajstić information content (AvgIpc) is 2.80. The van der Waals surface area contributed by atoms with Crippen molar-refractivity contribution in [3.8, 4) is 0 Å². The van der Waals surface area contributed by atoms with Gasteiger partial charge in [-0.05, 0) is 17.7 Å². The van der Waals surface area contributed by atoms with E-state index in [2.05, 4.69) is 13.2 Å². The van der Waals surface area contributed by atoms with Crippen LogP contribution in [0.15, 0.2) is 43.5 Å². The van der Waals surface area contributed by atoms with Crippen LogP contribution in [-0.4, -0.2) is 52.6 Å². The number of halogens is 2. The molecule has 24 heavy (non-hydrogen) atoms. The van der Waals surface area contributed by atoms with Crippen LogP contribution in [0.5, 0.6) is 0 Å². The summed E-state index contributed by atoms with van der Waals surface area (Å²) in [7, 11) is 0. The molecule has 1 aromatic rings. The molecule has 0 bridgehead atoms. The lowest BCUT2D eigenvalue weighted by atomic mass is 9.82. The van der Waals surface area contributed by atoms with E-state index in [-0.39, 0.29) is 19.7 Å². The maximum absolute atomic E-state index is 11.4. The Morgan fingerprint density at radius 1 is 1.33 bits per heavy atom. The predicted octanol–water partition coefficient (Wildman–Crippen LogP) is 3.56. The van der Waals surface area contributed by atoms with Crippen molar-refractivity contribution in [3.63, 3.8) is 0 Å². The Kier molecular flexibility index (Phi) is 5.93. The van der Waals surface area contributed by atoms with Crippen molar-refractivity contribution >= 4 is 29.3 Å². The van der Waals surface area contributed by atoms with Gasteiger partial charge in [0, 0.05) is 19.0 Å². The van der Waals surface area contributed by atoms with Gasteiger partial charge in [0.1, 0.15) is 11.7 Å². The van der Waals surface area contributed by atoms with E-state index in [1.807, 2.05) is 0 Å². The molecule has 0 aromatic heterocycles. The van der Waals surface area contributed by atoms with E-state index >= 15 is 0 Å². The van der Waals surface area contributed by atoms with E-state index < -0.39 is 23.7 Å². The molecule has 1 aliphatic heterocycles. The molecule has 1 amide bonds. The molecule has 0 aliphatic carbocycles. The van der Waals surface area contributed by atoms with Gasteiger partial charge in [-0.3, -0.25) is 0 Å². The number of hydrogen-bond donors (Lipinski definition) is 2. The fourth-order valence-electron chi connectivity index (χ4n) is 2.80. The third-order valence-corrected chi connectivity index (χ3v) is 4.93. The lowest BCUT2D eigenvalue weighted by molar-refractivity contribution is -0.0592.